The lowest BCUT2D eigenvalue weighted by Crippen LogP contribution is -2.29. The lowest BCUT2D eigenvalue weighted by molar-refractivity contribution is -0.138. The Morgan fingerprint density at radius 3 is 2.24 bits per heavy atom. The number of carbonyl (C=O) groups is 4. The Morgan fingerprint density at radius 2 is 1.50 bits per heavy atom. The number of rotatable bonds is 21. The molecule has 13 heteroatoms. The zero-order chi connectivity index (χ0) is 35.6. The van der Waals surface area contributed by atoms with E-state index in [1.165, 1.54) is 6.42 Å². The number of amides is 3. The second kappa shape index (κ2) is 20.9. The number of nitrogens with two attached hydrogens (primary N) is 1. The summed E-state index contributed by atoms with van der Waals surface area (Å²) in [6, 6.07) is 20.6. The van der Waals surface area contributed by atoms with Crippen molar-refractivity contribution in [3.8, 4) is 0 Å². The van der Waals surface area contributed by atoms with Crippen molar-refractivity contribution in [3.05, 3.63) is 89.0 Å². The van der Waals surface area contributed by atoms with Gasteiger partial charge in [-0.1, -0.05) is 24.3 Å². The molecular weight excluding hydrogens is 660 g/mol. The Kier molecular flexibility index (Phi) is 16.1. The van der Waals surface area contributed by atoms with Crippen LogP contribution in [-0.2, 0) is 36.0 Å². The van der Waals surface area contributed by atoms with Gasteiger partial charge in [0.25, 0.3) is 11.8 Å². The van der Waals surface area contributed by atoms with Crippen molar-refractivity contribution >= 4 is 46.8 Å². The summed E-state index contributed by atoms with van der Waals surface area (Å²) in [6.07, 6.45) is 3.62. The summed E-state index contributed by atoms with van der Waals surface area (Å²) in [7, 11) is 0. The standard InChI is InChI=1S/C37H46N4O8S/c38-36(45)32-25-30(41-14-2-1-3-15-41)10-11-33(32)40-37(46)29-8-4-7-28(22-29)26-50-31-9-5-6-27(23-31)24-34(42)39-13-17-48-19-21-49-20-18-47-16-12-35(43)44/h4-11,22-23,25H,1-3,12-21,24,26H2,(H2,38,45)(H,39,42)(H,40,46)(H,43,44). The smallest absolute Gasteiger partial charge is 0.305 e. The van der Waals surface area contributed by atoms with Gasteiger partial charge >= 0.3 is 5.97 Å². The Balaban J connectivity index is 1.17. The van der Waals surface area contributed by atoms with Gasteiger partial charge in [0, 0.05) is 41.5 Å². The molecule has 3 aromatic carbocycles. The van der Waals surface area contributed by atoms with Crippen LogP contribution in [0.4, 0.5) is 11.4 Å². The maximum atomic E-state index is 13.2. The molecule has 4 rings (SSSR count). The molecule has 0 saturated carbocycles. The number of ether oxygens (including phenoxy) is 3. The van der Waals surface area contributed by atoms with E-state index in [9.17, 15) is 19.2 Å². The molecule has 1 saturated heterocycles. The van der Waals surface area contributed by atoms with E-state index in [1.54, 1.807) is 30.0 Å². The van der Waals surface area contributed by atoms with Crippen LogP contribution < -0.4 is 21.3 Å². The van der Waals surface area contributed by atoms with E-state index in [-0.39, 0.29) is 36.8 Å². The molecule has 0 aliphatic carbocycles. The first-order chi connectivity index (χ1) is 24.3. The van der Waals surface area contributed by atoms with Crippen molar-refractivity contribution in [1.82, 2.24) is 5.32 Å². The van der Waals surface area contributed by atoms with E-state index in [0.717, 1.165) is 47.6 Å². The predicted octanol–water partition coefficient (Wildman–Crippen LogP) is 4.50. The van der Waals surface area contributed by atoms with Gasteiger partial charge in [-0.15, -0.1) is 11.8 Å². The van der Waals surface area contributed by atoms with E-state index in [2.05, 4.69) is 15.5 Å². The monoisotopic (exact) mass is 706 g/mol. The first kappa shape index (κ1) is 38.4. The van der Waals surface area contributed by atoms with Crippen LogP contribution in [0.5, 0.6) is 0 Å². The molecule has 1 fully saturated rings. The van der Waals surface area contributed by atoms with E-state index in [1.807, 2.05) is 48.5 Å². The molecule has 0 atom stereocenters. The SMILES string of the molecule is NC(=O)c1cc(N2CCCCC2)ccc1NC(=O)c1cccc(CSc2cccc(CC(=O)NCCOCCOCCOCCC(=O)O)c2)c1. The molecule has 268 valence electrons. The highest BCUT2D eigenvalue weighted by Crippen LogP contribution is 2.27. The fourth-order valence-electron chi connectivity index (χ4n) is 5.31. The maximum absolute atomic E-state index is 13.2. The summed E-state index contributed by atoms with van der Waals surface area (Å²) >= 11 is 1.61. The molecule has 0 aromatic heterocycles. The lowest BCUT2D eigenvalue weighted by Gasteiger charge is -2.29. The Hall–Kier alpha value is -4.43. The van der Waals surface area contributed by atoms with E-state index in [4.69, 9.17) is 25.1 Å². The molecule has 0 bridgehead atoms. The number of thioether (sulfide) groups is 1. The van der Waals surface area contributed by atoms with Gasteiger partial charge in [0.1, 0.15) is 0 Å². The number of aliphatic carboxylic acids is 1. The van der Waals surface area contributed by atoms with E-state index < -0.39 is 11.9 Å². The molecule has 0 radical (unpaired) electrons. The van der Waals surface area contributed by atoms with Crippen molar-refractivity contribution < 1.29 is 38.5 Å². The number of nitrogens with one attached hydrogen (secondary N) is 2. The van der Waals surface area contributed by atoms with Gasteiger partial charge < -0.3 is 40.6 Å². The quantitative estimate of drug-likeness (QED) is 0.0914. The highest BCUT2D eigenvalue weighted by molar-refractivity contribution is 7.98. The number of nitrogens with zero attached hydrogens (tertiary/aromatic N) is 1. The van der Waals surface area contributed by atoms with Crippen LogP contribution >= 0.6 is 11.8 Å². The molecular formula is C37H46N4O8S. The highest BCUT2D eigenvalue weighted by Gasteiger charge is 2.17. The minimum atomic E-state index is -0.896. The van der Waals surface area contributed by atoms with Crippen LogP contribution in [0, 0.1) is 0 Å². The number of benzene rings is 3. The normalized spacial score (nSPS) is 12.8. The maximum Gasteiger partial charge on any atom is 0.305 e. The number of hydrogen-bond donors (Lipinski definition) is 4. The number of anilines is 2. The molecule has 12 nitrogen and oxygen atoms in total. The van der Waals surface area contributed by atoms with Crippen molar-refractivity contribution in [3.63, 3.8) is 0 Å². The number of hydrogen-bond acceptors (Lipinski definition) is 9. The topological polar surface area (TPSA) is 170 Å². The second-order valence-corrected chi connectivity index (χ2v) is 12.8. The summed E-state index contributed by atoms with van der Waals surface area (Å²) in [5.74, 6) is -1.30. The van der Waals surface area contributed by atoms with Crippen LogP contribution in [0.3, 0.4) is 0 Å². The molecule has 1 heterocycles. The third-order valence-corrected chi connectivity index (χ3v) is 8.93. The predicted molar refractivity (Wildman–Crippen MR) is 193 cm³/mol. The molecule has 3 aromatic rings. The van der Waals surface area contributed by atoms with Gasteiger partial charge in [0.05, 0.1) is 63.7 Å². The first-order valence-corrected chi connectivity index (χ1v) is 17.8. The highest BCUT2D eigenvalue weighted by atomic mass is 32.2. The number of carbonyl (C=O) groups excluding carboxylic acids is 3. The van der Waals surface area contributed by atoms with Crippen LogP contribution in [0.2, 0.25) is 0 Å². The molecule has 50 heavy (non-hydrogen) atoms. The third kappa shape index (κ3) is 13.5. The van der Waals surface area contributed by atoms with Crippen LogP contribution in [0.1, 0.15) is 57.5 Å². The average Bonchev–Trinajstić information content (AvgIpc) is 3.11. The molecule has 0 unspecified atom stereocenters. The molecule has 5 N–H and O–H groups in total. The second-order valence-electron chi connectivity index (χ2n) is 11.7. The van der Waals surface area contributed by atoms with Crippen LogP contribution in [0.25, 0.3) is 0 Å². The molecule has 1 aliphatic rings. The summed E-state index contributed by atoms with van der Waals surface area (Å²) in [6.45, 7) is 4.19. The summed E-state index contributed by atoms with van der Waals surface area (Å²) in [5.41, 5.74) is 9.61. The van der Waals surface area contributed by atoms with Crippen molar-refractivity contribution in [2.45, 2.75) is 42.8 Å². The Morgan fingerprint density at radius 1 is 0.800 bits per heavy atom. The Bertz CT molecular complexity index is 1580. The first-order valence-electron chi connectivity index (χ1n) is 16.8. The van der Waals surface area contributed by atoms with Gasteiger partial charge in [-0.3, -0.25) is 19.2 Å². The van der Waals surface area contributed by atoms with Gasteiger partial charge in [0.15, 0.2) is 0 Å². The fourth-order valence-corrected chi connectivity index (χ4v) is 6.24. The largest absolute Gasteiger partial charge is 0.481 e. The van der Waals surface area contributed by atoms with Crippen molar-refractivity contribution in [2.75, 3.05) is 69.5 Å². The van der Waals surface area contributed by atoms with Gasteiger partial charge in [0.2, 0.25) is 5.91 Å². The van der Waals surface area contributed by atoms with E-state index >= 15 is 0 Å². The fraction of sp³-hybridized carbons (Fsp3) is 0.405. The number of primary amides is 1. The van der Waals surface area contributed by atoms with Crippen molar-refractivity contribution in [1.29, 1.82) is 0 Å². The third-order valence-electron chi connectivity index (χ3n) is 7.87. The molecule has 0 spiro atoms. The Labute approximate surface area is 297 Å². The van der Waals surface area contributed by atoms with Gasteiger partial charge in [-0.05, 0) is 72.9 Å². The summed E-state index contributed by atoms with van der Waals surface area (Å²) in [4.78, 5) is 51.6. The van der Waals surface area contributed by atoms with Crippen LogP contribution in [-0.4, -0.2) is 88.1 Å². The number of carboxylic acids is 1. The summed E-state index contributed by atoms with van der Waals surface area (Å²) in [5, 5.41) is 14.3. The zero-order valence-corrected chi connectivity index (χ0v) is 29.0. The zero-order valence-electron chi connectivity index (χ0n) is 28.2. The molecule has 3 amide bonds. The lowest BCUT2D eigenvalue weighted by atomic mass is 10.1. The van der Waals surface area contributed by atoms with Gasteiger partial charge in [-0.25, -0.2) is 0 Å². The number of piperidine rings is 1. The minimum absolute atomic E-state index is 0.0312. The van der Waals surface area contributed by atoms with Crippen molar-refractivity contribution in [2.24, 2.45) is 5.73 Å². The van der Waals surface area contributed by atoms with E-state index in [0.29, 0.717) is 56.6 Å². The number of carboxylic acid groups (broad SMARTS) is 1. The molecule has 1 aliphatic heterocycles. The van der Waals surface area contributed by atoms with Crippen LogP contribution in [0.15, 0.2) is 71.6 Å². The summed E-state index contributed by atoms with van der Waals surface area (Å²) < 4.78 is 16.0. The minimum Gasteiger partial charge on any atom is -0.481 e. The average molecular weight is 707 g/mol. The van der Waals surface area contributed by atoms with Gasteiger partial charge in [-0.2, -0.15) is 0 Å².